The molecule has 3 aromatic rings. The monoisotopic (exact) mass is 494 g/mol. The normalized spacial score (nSPS) is 14.6. The van der Waals surface area contributed by atoms with E-state index in [9.17, 15) is 13.2 Å². The van der Waals surface area contributed by atoms with Gasteiger partial charge in [0.1, 0.15) is 14.8 Å². The van der Waals surface area contributed by atoms with E-state index in [2.05, 4.69) is 9.71 Å². The van der Waals surface area contributed by atoms with E-state index < -0.39 is 10.0 Å². The number of amides is 1. The van der Waals surface area contributed by atoms with Crippen molar-refractivity contribution in [2.45, 2.75) is 18.7 Å². The number of halogens is 1. The number of carbonyl (C=O) groups excluding carboxylic acids is 1. The van der Waals surface area contributed by atoms with E-state index in [0.29, 0.717) is 58.3 Å². The van der Waals surface area contributed by atoms with Crippen molar-refractivity contribution < 1.29 is 17.9 Å². The zero-order valence-electron chi connectivity index (χ0n) is 17.9. The summed E-state index contributed by atoms with van der Waals surface area (Å²) in [5.41, 5.74) is 2.42. The Morgan fingerprint density at radius 2 is 1.94 bits per heavy atom. The Balaban J connectivity index is 1.62. The number of aryl methyl sites for hydroxylation is 3. The molecule has 1 saturated heterocycles. The van der Waals surface area contributed by atoms with Crippen LogP contribution >= 0.6 is 22.9 Å². The van der Waals surface area contributed by atoms with Gasteiger partial charge in [-0.05, 0) is 37.6 Å². The molecule has 4 rings (SSSR count). The van der Waals surface area contributed by atoms with Gasteiger partial charge in [-0.1, -0.05) is 17.7 Å². The summed E-state index contributed by atoms with van der Waals surface area (Å²) < 4.78 is 35.6. The molecule has 1 amide bonds. The molecule has 1 fully saturated rings. The van der Waals surface area contributed by atoms with Gasteiger partial charge < -0.3 is 14.2 Å². The lowest BCUT2D eigenvalue weighted by Gasteiger charge is -2.26. The van der Waals surface area contributed by atoms with E-state index in [-0.39, 0.29) is 10.8 Å². The molecule has 170 valence electrons. The third kappa shape index (κ3) is 4.54. The van der Waals surface area contributed by atoms with Gasteiger partial charge in [0.2, 0.25) is 0 Å². The van der Waals surface area contributed by atoms with Crippen LogP contribution in [0.25, 0.3) is 10.7 Å². The fourth-order valence-corrected chi connectivity index (χ4v) is 5.87. The van der Waals surface area contributed by atoms with E-state index in [1.807, 2.05) is 0 Å². The fraction of sp³-hybridized carbons (Fsp3) is 0.333. The lowest BCUT2D eigenvalue weighted by Crippen LogP contribution is -2.40. The summed E-state index contributed by atoms with van der Waals surface area (Å²) >= 11 is 7.28. The summed E-state index contributed by atoms with van der Waals surface area (Å²) in [7, 11) is -2.09. The van der Waals surface area contributed by atoms with Crippen LogP contribution in [0.15, 0.2) is 35.4 Å². The lowest BCUT2D eigenvalue weighted by atomic mass is 10.2. The quantitative estimate of drug-likeness (QED) is 0.583. The van der Waals surface area contributed by atoms with Crippen molar-refractivity contribution in [3.05, 3.63) is 51.6 Å². The third-order valence-electron chi connectivity index (χ3n) is 5.24. The second-order valence-corrected chi connectivity index (χ2v) is 10.7. The number of hydrogen-bond acceptors (Lipinski definition) is 6. The van der Waals surface area contributed by atoms with E-state index in [1.54, 1.807) is 54.6 Å². The first-order valence-corrected chi connectivity index (χ1v) is 12.6. The number of carbonyl (C=O) groups is 1. The number of morpholine rings is 1. The molecule has 0 aliphatic carbocycles. The largest absolute Gasteiger partial charge is 0.378 e. The number of sulfonamides is 1. The Morgan fingerprint density at radius 3 is 2.66 bits per heavy atom. The molecule has 0 bridgehead atoms. The first-order valence-electron chi connectivity index (χ1n) is 9.96. The molecule has 1 aliphatic rings. The summed E-state index contributed by atoms with van der Waals surface area (Å²) in [5.74, 6) is -0.0743. The molecule has 0 unspecified atom stereocenters. The average Bonchev–Trinajstić information content (AvgIpc) is 3.33. The minimum atomic E-state index is -3.84. The molecule has 1 aromatic carbocycles. The summed E-state index contributed by atoms with van der Waals surface area (Å²) in [4.78, 5) is 19.9. The van der Waals surface area contributed by atoms with Gasteiger partial charge in [-0.2, -0.15) is 0 Å². The summed E-state index contributed by atoms with van der Waals surface area (Å²) in [6.45, 7) is 5.73. The highest BCUT2D eigenvalue weighted by Crippen LogP contribution is 2.32. The molecule has 0 atom stereocenters. The molecule has 0 radical (unpaired) electrons. The van der Waals surface area contributed by atoms with Crippen molar-refractivity contribution in [3.8, 4) is 10.7 Å². The van der Waals surface area contributed by atoms with Gasteiger partial charge in [-0.3, -0.25) is 9.52 Å². The van der Waals surface area contributed by atoms with Crippen LogP contribution in [0.5, 0.6) is 0 Å². The van der Waals surface area contributed by atoms with E-state index >= 15 is 0 Å². The van der Waals surface area contributed by atoms with Crippen molar-refractivity contribution >= 4 is 44.6 Å². The van der Waals surface area contributed by atoms with Crippen LogP contribution in [-0.2, 0) is 21.8 Å². The zero-order valence-corrected chi connectivity index (χ0v) is 20.3. The third-order valence-corrected chi connectivity index (χ3v) is 7.98. The minimum Gasteiger partial charge on any atom is -0.378 e. The van der Waals surface area contributed by atoms with E-state index in [0.717, 1.165) is 5.56 Å². The Hall–Kier alpha value is -2.40. The Kier molecular flexibility index (Phi) is 6.30. The maximum atomic E-state index is 13.0. The topological polar surface area (TPSA) is 93.5 Å². The number of anilines is 1. The highest BCUT2D eigenvalue weighted by molar-refractivity contribution is 7.92. The van der Waals surface area contributed by atoms with E-state index in [1.165, 1.54) is 17.5 Å². The summed E-state index contributed by atoms with van der Waals surface area (Å²) in [5, 5.41) is 1.03. The van der Waals surface area contributed by atoms with Gasteiger partial charge in [0, 0.05) is 31.4 Å². The smallest absolute Gasteiger partial charge is 0.266 e. The summed E-state index contributed by atoms with van der Waals surface area (Å²) in [6, 6.07) is 6.59. The second-order valence-electron chi connectivity index (χ2n) is 7.57. The number of hydrogen-bond donors (Lipinski definition) is 1. The number of nitrogens with one attached hydrogen (secondary N) is 1. The van der Waals surface area contributed by atoms with Crippen LogP contribution in [0, 0.1) is 13.8 Å². The van der Waals surface area contributed by atoms with Gasteiger partial charge in [0.05, 0.1) is 30.3 Å². The van der Waals surface area contributed by atoms with Crippen LogP contribution in [0.1, 0.15) is 20.9 Å². The molecule has 0 saturated carbocycles. The van der Waals surface area contributed by atoms with Crippen LogP contribution in [0.2, 0.25) is 5.02 Å². The van der Waals surface area contributed by atoms with Crippen molar-refractivity contribution in [3.63, 3.8) is 0 Å². The number of nitrogens with zero attached hydrogens (tertiary/aromatic N) is 3. The average molecular weight is 495 g/mol. The first-order chi connectivity index (χ1) is 15.2. The van der Waals surface area contributed by atoms with Gasteiger partial charge in [-0.15, -0.1) is 11.3 Å². The number of aromatic nitrogens is 2. The number of rotatable bonds is 5. The molecule has 11 heteroatoms. The number of ether oxygens (including phenoxy) is 1. The number of thiazole rings is 1. The molecule has 1 aliphatic heterocycles. The molecule has 3 heterocycles. The second kappa shape index (κ2) is 8.86. The highest BCUT2D eigenvalue weighted by Gasteiger charge is 2.25. The maximum absolute atomic E-state index is 13.0. The first kappa shape index (κ1) is 22.8. The predicted molar refractivity (Wildman–Crippen MR) is 125 cm³/mol. The van der Waals surface area contributed by atoms with Gasteiger partial charge in [0.25, 0.3) is 15.9 Å². The maximum Gasteiger partial charge on any atom is 0.266 e. The minimum absolute atomic E-state index is 0.0743. The standard InChI is InChI=1S/C21H23ClN4O4S2/c1-13-4-5-15(22)10-17(13)24-32(28,29)16-11-18(25(3)12-16)20-23-14(2)19(31-20)21(27)26-6-8-30-9-7-26/h4-5,10-12,24H,6-9H2,1-3H3. The SMILES string of the molecule is Cc1ccc(Cl)cc1NS(=O)(=O)c1cc(-c2nc(C)c(C(=O)N3CCOCC3)s2)n(C)c1. The van der Waals surface area contributed by atoms with Crippen LogP contribution < -0.4 is 4.72 Å². The van der Waals surface area contributed by atoms with Gasteiger partial charge >= 0.3 is 0 Å². The van der Waals surface area contributed by atoms with Gasteiger partial charge in [0.15, 0.2) is 0 Å². The predicted octanol–water partition coefficient (Wildman–Crippen LogP) is 3.69. The molecular formula is C21H23ClN4O4S2. The highest BCUT2D eigenvalue weighted by atomic mass is 35.5. The Bertz CT molecular complexity index is 1280. The Labute approximate surface area is 195 Å². The van der Waals surface area contributed by atoms with Crippen LogP contribution in [0.3, 0.4) is 0 Å². The molecule has 2 aromatic heterocycles. The summed E-state index contributed by atoms with van der Waals surface area (Å²) in [6.07, 6.45) is 1.53. The molecule has 32 heavy (non-hydrogen) atoms. The molecule has 8 nitrogen and oxygen atoms in total. The molecule has 1 N–H and O–H groups in total. The molecular weight excluding hydrogens is 472 g/mol. The van der Waals surface area contributed by atoms with Crippen molar-refractivity contribution in [1.82, 2.24) is 14.5 Å². The lowest BCUT2D eigenvalue weighted by molar-refractivity contribution is 0.0305. The van der Waals surface area contributed by atoms with Gasteiger partial charge in [-0.25, -0.2) is 13.4 Å². The van der Waals surface area contributed by atoms with Crippen molar-refractivity contribution in [1.29, 1.82) is 0 Å². The molecule has 0 spiro atoms. The number of benzene rings is 1. The van der Waals surface area contributed by atoms with Crippen molar-refractivity contribution in [2.75, 3.05) is 31.0 Å². The van der Waals surface area contributed by atoms with Crippen LogP contribution in [0.4, 0.5) is 5.69 Å². The van der Waals surface area contributed by atoms with Crippen LogP contribution in [-0.4, -0.2) is 55.1 Å². The van der Waals surface area contributed by atoms with Crippen molar-refractivity contribution in [2.24, 2.45) is 7.05 Å². The Morgan fingerprint density at radius 1 is 1.22 bits per heavy atom. The fourth-order valence-electron chi connectivity index (χ4n) is 3.42. The van der Waals surface area contributed by atoms with E-state index in [4.69, 9.17) is 16.3 Å². The zero-order chi connectivity index (χ0) is 23.0.